The van der Waals surface area contributed by atoms with Gasteiger partial charge in [-0.1, -0.05) is 12.5 Å². The van der Waals surface area contributed by atoms with Gasteiger partial charge in [-0.15, -0.1) is 11.6 Å². The molecule has 0 amide bonds. The number of halogens is 1. The fourth-order valence-electron chi connectivity index (χ4n) is 6.51. The smallest absolute Gasteiger partial charge is 0.312 e. The summed E-state index contributed by atoms with van der Waals surface area (Å²) in [5.74, 6) is -5.66. The molecule has 0 aromatic heterocycles. The maximum absolute atomic E-state index is 12.8. The lowest BCUT2D eigenvalue weighted by atomic mass is 9.51. The van der Waals surface area contributed by atoms with Crippen LogP contribution in [0.5, 0.6) is 0 Å². The van der Waals surface area contributed by atoms with Crippen molar-refractivity contribution in [2.24, 2.45) is 17.3 Å². The van der Waals surface area contributed by atoms with Gasteiger partial charge in [-0.05, 0) is 32.8 Å². The van der Waals surface area contributed by atoms with E-state index < -0.39 is 82.8 Å². The van der Waals surface area contributed by atoms with Crippen LogP contribution in [-0.2, 0) is 38.1 Å². The van der Waals surface area contributed by atoms with Gasteiger partial charge in [0, 0.05) is 39.0 Å². The number of esters is 4. The van der Waals surface area contributed by atoms with Crippen LogP contribution in [-0.4, -0.2) is 86.8 Å². The number of fused-ring (bicyclic) bond motifs is 2. The first-order valence-electron chi connectivity index (χ1n) is 12.6. The van der Waals surface area contributed by atoms with Gasteiger partial charge in [-0.3, -0.25) is 19.2 Å². The van der Waals surface area contributed by atoms with E-state index >= 15 is 0 Å². The zero-order valence-electron chi connectivity index (χ0n) is 22.4. The average molecular weight is 561 g/mol. The van der Waals surface area contributed by atoms with Crippen molar-refractivity contribution in [2.45, 2.75) is 103 Å². The van der Waals surface area contributed by atoms with Crippen LogP contribution in [0.15, 0.2) is 11.6 Å². The minimum atomic E-state index is -2.24. The molecular weight excluding hydrogens is 524 g/mol. The molecule has 1 saturated heterocycles. The lowest BCUT2D eigenvalue weighted by Gasteiger charge is -2.60. The van der Waals surface area contributed by atoms with Gasteiger partial charge in [-0.25, -0.2) is 0 Å². The zero-order chi connectivity index (χ0) is 28.8. The second-order valence-corrected chi connectivity index (χ2v) is 11.3. The molecule has 3 N–H and O–H groups in total. The van der Waals surface area contributed by atoms with E-state index in [1.165, 1.54) is 33.8 Å². The van der Waals surface area contributed by atoms with E-state index in [-0.39, 0.29) is 25.1 Å². The molecule has 2 fully saturated rings. The summed E-state index contributed by atoms with van der Waals surface area (Å²) >= 11 is 6.19. The third-order valence-electron chi connectivity index (χ3n) is 8.50. The van der Waals surface area contributed by atoms with E-state index in [0.29, 0.717) is 5.57 Å². The summed E-state index contributed by atoms with van der Waals surface area (Å²) in [4.78, 5) is 49.8. The highest BCUT2D eigenvalue weighted by atomic mass is 35.5. The van der Waals surface area contributed by atoms with Crippen LogP contribution < -0.4 is 0 Å². The Balaban J connectivity index is 2.43. The van der Waals surface area contributed by atoms with E-state index in [9.17, 15) is 34.5 Å². The number of alkyl halides is 1. The Hall–Kier alpha value is -2.21. The van der Waals surface area contributed by atoms with Crippen molar-refractivity contribution in [1.82, 2.24) is 0 Å². The fraction of sp³-hybridized carbons (Fsp3) is 0.769. The van der Waals surface area contributed by atoms with Crippen LogP contribution >= 0.6 is 11.6 Å². The summed E-state index contributed by atoms with van der Waals surface area (Å²) in [5.41, 5.74) is -5.32. The average Bonchev–Trinajstić information content (AvgIpc) is 3.01. The summed E-state index contributed by atoms with van der Waals surface area (Å²) < 4.78 is 22.6. The normalized spacial score (nSPS) is 44.4. The number of ether oxygens (including phenoxy) is 4. The van der Waals surface area contributed by atoms with Crippen molar-refractivity contribution < 1.29 is 53.4 Å². The standard InChI is InChI=1S/C26H37ClO11/c1-12-23(32)38-20-9-16(11-27)7-8-18(35-13(2)28)24(5)19(36-14(3)29)10-17(31)25(6,33)21(24)22(26(12,20)34)37-15(4)30/h9,12,17-22,31,33-34H,7-8,10-11H2,1-6H3/b16-9-/t12-,17-,18+,19+,20+,21-,22+,24+,25-,26+/m0/s1. The van der Waals surface area contributed by atoms with Crippen LogP contribution in [0.2, 0.25) is 0 Å². The van der Waals surface area contributed by atoms with Gasteiger partial charge in [0.2, 0.25) is 0 Å². The number of hydrogen-bond donors (Lipinski definition) is 3. The second kappa shape index (κ2) is 10.7. The molecule has 1 saturated carbocycles. The number of aliphatic hydroxyl groups is 3. The second-order valence-electron chi connectivity index (χ2n) is 11.0. The molecule has 38 heavy (non-hydrogen) atoms. The maximum Gasteiger partial charge on any atom is 0.312 e. The van der Waals surface area contributed by atoms with Crippen molar-refractivity contribution in [2.75, 3.05) is 5.88 Å². The predicted molar refractivity (Wildman–Crippen MR) is 132 cm³/mol. The lowest BCUT2D eigenvalue weighted by molar-refractivity contribution is -0.289. The fourth-order valence-corrected chi connectivity index (χ4v) is 6.73. The summed E-state index contributed by atoms with van der Waals surface area (Å²) in [6.07, 6.45) is -5.14. The number of allylic oxidation sites excluding steroid dienone is 1. The Morgan fingerprint density at radius 2 is 1.61 bits per heavy atom. The molecule has 0 spiro atoms. The lowest BCUT2D eigenvalue weighted by Crippen LogP contribution is -2.74. The molecule has 11 nitrogen and oxygen atoms in total. The third kappa shape index (κ3) is 5.05. The highest BCUT2D eigenvalue weighted by molar-refractivity contribution is 6.19. The highest BCUT2D eigenvalue weighted by Crippen LogP contribution is 2.57. The Morgan fingerprint density at radius 3 is 2.13 bits per heavy atom. The van der Waals surface area contributed by atoms with Crippen LogP contribution in [0.4, 0.5) is 0 Å². The molecule has 3 aliphatic rings. The minimum Gasteiger partial charge on any atom is -0.462 e. The number of carbonyl (C=O) groups is 4. The Kier molecular flexibility index (Phi) is 8.58. The monoisotopic (exact) mass is 560 g/mol. The number of carbonyl (C=O) groups excluding carboxylic acids is 4. The van der Waals surface area contributed by atoms with E-state index in [0.717, 1.165) is 6.92 Å². The van der Waals surface area contributed by atoms with Gasteiger partial charge in [0.15, 0.2) is 11.7 Å². The van der Waals surface area contributed by atoms with E-state index in [4.69, 9.17) is 30.5 Å². The van der Waals surface area contributed by atoms with Crippen molar-refractivity contribution in [3.63, 3.8) is 0 Å². The van der Waals surface area contributed by atoms with E-state index in [1.54, 1.807) is 6.92 Å². The molecule has 0 unspecified atom stereocenters. The first-order chi connectivity index (χ1) is 17.5. The van der Waals surface area contributed by atoms with Crippen molar-refractivity contribution in [1.29, 1.82) is 0 Å². The SMILES string of the molecule is CC(=O)O[C@@H]1[C@@H]2[C@@](C)(O)[C@@H](O)C[C@@H](OC(C)=O)[C@@]2(C)[C@H](OC(C)=O)CC/C(CCl)=C/[C@H]2OC(=O)[C@H](C)[C@]12O. The Morgan fingerprint density at radius 1 is 1.05 bits per heavy atom. The van der Waals surface area contributed by atoms with Gasteiger partial charge < -0.3 is 34.3 Å². The van der Waals surface area contributed by atoms with Crippen molar-refractivity contribution in [3.8, 4) is 0 Å². The van der Waals surface area contributed by atoms with Crippen LogP contribution in [0.3, 0.4) is 0 Å². The van der Waals surface area contributed by atoms with E-state index in [2.05, 4.69) is 0 Å². The quantitative estimate of drug-likeness (QED) is 0.195. The summed E-state index contributed by atoms with van der Waals surface area (Å²) in [7, 11) is 0. The third-order valence-corrected chi connectivity index (χ3v) is 8.84. The molecule has 214 valence electrons. The van der Waals surface area contributed by atoms with Gasteiger partial charge >= 0.3 is 23.9 Å². The van der Waals surface area contributed by atoms with Crippen LogP contribution in [0.1, 0.15) is 60.8 Å². The molecule has 0 bridgehead atoms. The first kappa shape index (κ1) is 30.3. The van der Waals surface area contributed by atoms with Crippen LogP contribution in [0.25, 0.3) is 0 Å². The highest BCUT2D eigenvalue weighted by Gasteiger charge is 2.72. The summed E-state index contributed by atoms with van der Waals surface area (Å²) in [6, 6.07) is 0. The molecule has 12 heteroatoms. The molecule has 2 aliphatic carbocycles. The maximum atomic E-state index is 12.8. The van der Waals surface area contributed by atoms with Gasteiger partial charge in [-0.2, -0.15) is 0 Å². The minimum absolute atomic E-state index is 0.00647. The molecule has 10 atom stereocenters. The Labute approximate surface area is 226 Å². The van der Waals surface area contributed by atoms with Gasteiger partial charge in [0.25, 0.3) is 0 Å². The molecular formula is C26H37ClO11. The number of aliphatic hydroxyl groups excluding tert-OH is 1. The molecule has 0 aromatic rings. The van der Waals surface area contributed by atoms with Gasteiger partial charge in [0.1, 0.15) is 18.3 Å². The molecule has 0 aromatic carbocycles. The molecule has 0 radical (unpaired) electrons. The molecule has 1 heterocycles. The van der Waals surface area contributed by atoms with Crippen molar-refractivity contribution >= 4 is 35.5 Å². The Bertz CT molecular complexity index is 1010. The summed E-state index contributed by atoms with van der Waals surface area (Å²) in [6.45, 7) is 7.76. The van der Waals surface area contributed by atoms with E-state index in [1.807, 2.05) is 0 Å². The zero-order valence-corrected chi connectivity index (χ0v) is 23.2. The summed E-state index contributed by atoms with van der Waals surface area (Å²) in [5, 5.41) is 35.2. The predicted octanol–water partition coefficient (Wildman–Crippen LogP) is 1.17. The van der Waals surface area contributed by atoms with Crippen LogP contribution in [0, 0.1) is 17.3 Å². The first-order valence-corrected chi connectivity index (χ1v) is 13.1. The van der Waals surface area contributed by atoms with Gasteiger partial charge in [0.05, 0.1) is 23.0 Å². The van der Waals surface area contributed by atoms with Crippen molar-refractivity contribution in [3.05, 3.63) is 11.6 Å². The topological polar surface area (TPSA) is 166 Å². The number of rotatable bonds is 4. The number of hydrogen-bond acceptors (Lipinski definition) is 11. The molecule has 1 aliphatic heterocycles. The molecule has 3 rings (SSSR count). The largest absolute Gasteiger partial charge is 0.462 e.